The van der Waals surface area contributed by atoms with Gasteiger partial charge < -0.3 is 29.1 Å². The summed E-state index contributed by atoms with van der Waals surface area (Å²) in [4.78, 5) is 48.2. The minimum Gasteiger partial charge on any atom is -0.497 e. The molecule has 3 aliphatic rings. The highest BCUT2D eigenvalue weighted by Crippen LogP contribution is 2.40. The SMILES string of the molecule is COc1ccc(C(=O)N2CCC3(CC2)C(=O)N(CC(=O)N2CCC(C)CC2)CN3c2ccccc2)c(OC)c1. The van der Waals surface area contributed by atoms with Crippen LogP contribution in [0.25, 0.3) is 0 Å². The minimum atomic E-state index is -0.793. The van der Waals surface area contributed by atoms with Gasteiger partial charge in [-0.1, -0.05) is 25.1 Å². The second-order valence-corrected chi connectivity index (χ2v) is 10.9. The lowest BCUT2D eigenvalue weighted by atomic mass is 9.85. The van der Waals surface area contributed by atoms with Gasteiger partial charge in [-0.05, 0) is 55.9 Å². The van der Waals surface area contributed by atoms with E-state index in [9.17, 15) is 14.4 Å². The van der Waals surface area contributed by atoms with E-state index in [1.54, 1.807) is 35.1 Å². The van der Waals surface area contributed by atoms with Gasteiger partial charge in [0.15, 0.2) is 0 Å². The van der Waals surface area contributed by atoms with Crippen molar-refractivity contribution in [3.8, 4) is 11.5 Å². The van der Waals surface area contributed by atoms with Gasteiger partial charge in [-0.25, -0.2) is 0 Å². The summed E-state index contributed by atoms with van der Waals surface area (Å²) in [5, 5.41) is 0. The van der Waals surface area contributed by atoms with Gasteiger partial charge in [0, 0.05) is 37.9 Å². The number of amides is 3. The van der Waals surface area contributed by atoms with Crippen LogP contribution in [-0.2, 0) is 9.59 Å². The molecule has 3 amide bonds. The van der Waals surface area contributed by atoms with Gasteiger partial charge in [0.2, 0.25) is 5.91 Å². The van der Waals surface area contributed by atoms with Crippen LogP contribution < -0.4 is 14.4 Å². The maximum atomic E-state index is 14.0. The van der Waals surface area contributed by atoms with Crippen LogP contribution in [0.4, 0.5) is 5.69 Å². The van der Waals surface area contributed by atoms with Gasteiger partial charge in [0.1, 0.15) is 23.6 Å². The first-order valence-corrected chi connectivity index (χ1v) is 13.8. The molecular weight excluding hydrogens is 496 g/mol. The van der Waals surface area contributed by atoms with E-state index in [1.165, 1.54) is 7.11 Å². The second-order valence-electron chi connectivity index (χ2n) is 10.9. The predicted molar refractivity (Wildman–Crippen MR) is 148 cm³/mol. The highest BCUT2D eigenvalue weighted by Gasteiger charge is 2.54. The van der Waals surface area contributed by atoms with Crippen LogP contribution in [0.2, 0.25) is 0 Å². The highest BCUT2D eigenvalue weighted by molar-refractivity contribution is 5.99. The van der Waals surface area contributed by atoms with Crippen molar-refractivity contribution in [2.75, 3.05) is 58.5 Å². The molecule has 0 unspecified atom stereocenters. The molecule has 0 radical (unpaired) electrons. The molecule has 0 bridgehead atoms. The average Bonchev–Trinajstić information content (AvgIpc) is 3.23. The summed E-state index contributed by atoms with van der Waals surface area (Å²) in [6.07, 6.45) is 2.97. The van der Waals surface area contributed by atoms with E-state index in [0.717, 1.165) is 31.6 Å². The summed E-state index contributed by atoms with van der Waals surface area (Å²) < 4.78 is 10.7. The van der Waals surface area contributed by atoms with E-state index in [1.807, 2.05) is 35.2 Å². The van der Waals surface area contributed by atoms with Crippen LogP contribution >= 0.6 is 0 Å². The lowest BCUT2D eigenvalue weighted by molar-refractivity contribution is -0.141. The third kappa shape index (κ3) is 5.14. The molecule has 5 rings (SSSR count). The fourth-order valence-corrected chi connectivity index (χ4v) is 6.07. The van der Waals surface area contributed by atoms with Crippen LogP contribution in [0.5, 0.6) is 11.5 Å². The van der Waals surface area contributed by atoms with Gasteiger partial charge in [-0.15, -0.1) is 0 Å². The first-order chi connectivity index (χ1) is 18.9. The molecule has 1 spiro atoms. The number of hydrogen-bond acceptors (Lipinski definition) is 6. The lowest BCUT2D eigenvalue weighted by Gasteiger charge is -2.43. The van der Waals surface area contributed by atoms with E-state index in [-0.39, 0.29) is 24.3 Å². The molecule has 3 heterocycles. The molecule has 39 heavy (non-hydrogen) atoms. The smallest absolute Gasteiger partial charge is 0.257 e. The maximum Gasteiger partial charge on any atom is 0.257 e. The molecular formula is C30H38N4O5. The molecule has 3 saturated heterocycles. The first kappa shape index (κ1) is 26.8. The monoisotopic (exact) mass is 534 g/mol. The van der Waals surface area contributed by atoms with Gasteiger partial charge in [0.25, 0.3) is 11.8 Å². The number of nitrogens with zero attached hydrogens (tertiary/aromatic N) is 4. The van der Waals surface area contributed by atoms with Crippen molar-refractivity contribution >= 4 is 23.4 Å². The number of para-hydroxylation sites is 1. The molecule has 9 nitrogen and oxygen atoms in total. The summed E-state index contributed by atoms with van der Waals surface area (Å²) in [5.41, 5.74) is 0.623. The van der Waals surface area contributed by atoms with Crippen LogP contribution in [0.15, 0.2) is 48.5 Å². The summed E-state index contributed by atoms with van der Waals surface area (Å²) >= 11 is 0. The van der Waals surface area contributed by atoms with E-state index in [0.29, 0.717) is 55.6 Å². The number of benzene rings is 2. The zero-order chi connectivity index (χ0) is 27.6. The van der Waals surface area contributed by atoms with Crippen LogP contribution in [-0.4, -0.2) is 91.6 Å². The van der Waals surface area contributed by atoms with Crippen molar-refractivity contribution in [2.24, 2.45) is 5.92 Å². The Labute approximate surface area is 230 Å². The minimum absolute atomic E-state index is 0.0135. The van der Waals surface area contributed by atoms with E-state index in [2.05, 4.69) is 11.8 Å². The topological polar surface area (TPSA) is 82.6 Å². The molecule has 9 heteroatoms. The zero-order valence-corrected chi connectivity index (χ0v) is 23.1. The molecule has 0 aromatic heterocycles. The summed E-state index contributed by atoms with van der Waals surface area (Å²) in [5.74, 6) is 1.56. The van der Waals surface area contributed by atoms with Crippen molar-refractivity contribution in [1.29, 1.82) is 0 Å². The Morgan fingerprint density at radius 1 is 0.923 bits per heavy atom. The predicted octanol–water partition coefficient (Wildman–Crippen LogP) is 3.24. The zero-order valence-electron chi connectivity index (χ0n) is 23.1. The van der Waals surface area contributed by atoms with E-state index < -0.39 is 5.54 Å². The van der Waals surface area contributed by atoms with Crippen LogP contribution in [0.3, 0.4) is 0 Å². The van der Waals surface area contributed by atoms with Crippen molar-refractivity contribution in [3.05, 3.63) is 54.1 Å². The fraction of sp³-hybridized carbons (Fsp3) is 0.500. The Bertz CT molecular complexity index is 1200. The Hall–Kier alpha value is -3.75. The number of carbonyl (C=O) groups is 3. The quantitative estimate of drug-likeness (QED) is 0.566. The van der Waals surface area contributed by atoms with Crippen LogP contribution in [0.1, 0.15) is 43.0 Å². The Kier molecular flexibility index (Phi) is 7.68. The number of likely N-dealkylation sites (tertiary alicyclic amines) is 2. The molecule has 0 saturated carbocycles. The second kappa shape index (κ2) is 11.2. The Balaban J connectivity index is 1.34. The van der Waals surface area contributed by atoms with Gasteiger partial charge in [-0.2, -0.15) is 0 Å². The number of methoxy groups -OCH3 is 2. The molecule has 3 fully saturated rings. The maximum absolute atomic E-state index is 14.0. The number of hydrogen-bond donors (Lipinski definition) is 0. The molecule has 0 N–H and O–H groups in total. The third-order valence-electron chi connectivity index (χ3n) is 8.56. The number of rotatable bonds is 6. The standard InChI is InChI=1S/C30H38N4O5/c1-22-11-15-31(16-12-22)27(35)20-33-21-34(23-7-5-4-6-8-23)30(29(33)37)13-17-32(18-14-30)28(36)25-10-9-24(38-2)19-26(25)39-3/h4-10,19,22H,11-18,20-21H2,1-3H3. The lowest BCUT2D eigenvalue weighted by Crippen LogP contribution is -2.57. The summed E-state index contributed by atoms with van der Waals surface area (Å²) in [6.45, 7) is 5.02. The molecule has 0 aliphatic carbocycles. The van der Waals surface area contributed by atoms with E-state index >= 15 is 0 Å². The van der Waals surface area contributed by atoms with Crippen molar-refractivity contribution in [2.45, 2.75) is 38.1 Å². The number of anilines is 1. The summed E-state index contributed by atoms with van der Waals surface area (Å²) in [6, 6.07) is 15.1. The normalized spacial score (nSPS) is 19.5. The van der Waals surface area contributed by atoms with Crippen molar-refractivity contribution in [1.82, 2.24) is 14.7 Å². The molecule has 0 atom stereocenters. The fourth-order valence-electron chi connectivity index (χ4n) is 6.07. The molecule has 208 valence electrons. The van der Waals surface area contributed by atoms with Gasteiger partial charge in [-0.3, -0.25) is 14.4 Å². The summed E-state index contributed by atoms with van der Waals surface area (Å²) in [7, 11) is 3.10. The van der Waals surface area contributed by atoms with Gasteiger partial charge in [0.05, 0.1) is 26.5 Å². The van der Waals surface area contributed by atoms with Crippen molar-refractivity contribution in [3.63, 3.8) is 0 Å². The van der Waals surface area contributed by atoms with Crippen LogP contribution in [0, 0.1) is 5.92 Å². The highest BCUT2D eigenvalue weighted by atomic mass is 16.5. The number of carbonyl (C=O) groups excluding carboxylic acids is 3. The molecule has 2 aromatic rings. The average molecular weight is 535 g/mol. The van der Waals surface area contributed by atoms with Crippen molar-refractivity contribution < 1.29 is 23.9 Å². The Morgan fingerprint density at radius 2 is 1.62 bits per heavy atom. The first-order valence-electron chi connectivity index (χ1n) is 13.8. The van der Waals surface area contributed by atoms with E-state index in [4.69, 9.17) is 9.47 Å². The number of ether oxygens (including phenoxy) is 2. The largest absolute Gasteiger partial charge is 0.497 e. The molecule has 3 aliphatic heterocycles. The third-order valence-corrected chi connectivity index (χ3v) is 8.56. The molecule has 2 aromatic carbocycles. The Morgan fingerprint density at radius 3 is 2.26 bits per heavy atom. The van der Waals surface area contributed by atoms with Gasteiger partial charge >= 0.3 is 0 Å². The number of piperidine rings is 2.